The SMILES string of the molecule is O=C(O)c1sc(-c2ccc(Cl)s2)nc1C1CC1. The second-order valence-electron chi connectivity index (χ2n) is 3.92. The molecule has 0 bridgehead atoms. The van der Waals surface area contributed by atoms with Gasteiger partial charge in [-0.3, -0.25) is 0 Å². The highest BCUT2D eigenvalue weighted by Crippen LogP contribution is 2.45. The lowest BCUT2D eigenvalue weighted by Crippen LogP contribution is -1.97. The van der Waals surface area contributed by atoms with Gasteiger partial charge in [0.2, 0.25) is 0 Å². The van der Waals surface area contributed by atoms with E-state index in [1.54, 1.807) is 6.07 Å². The first-order valence-electron chi connectivity index (χ1n) is 5.15. The Morgan fingerprint density at radius 3 is 2.71 bits per heavy atom. The number of carboxylic acid groups (broad SMARTS) is 1. The quantitative estimate of drug-likeness (QED) is 0.923. The fourth-order valence-corrected chi connectivity index (χ4v) is 3.74. The smallest absolute Gasteiger partial charge is 0.347 e. The number of carbonyl (C=O) groups is 1. The predicted molar refractivity (Wildman–Crippen MR) is 69.4 cm³/mol. The number of hydrogen-bond donors (Lipinski definition) is 1. The molecule has 3 nitrogen and oxygen atoms in total. The van der Waals surface area contributed by atoms with Crippen molar-refractivity contribution < 1.29 is 9.90 Å². The summed E-state index contributed by atoms with van der Waals surface area (Å²) in [6.07, 6.45) is 2.10. The van der Waals surface area contributed by atoms with Crippen LogP contribution >= 0.6 is 34.3 Å². The normalized spacial score (nSPS) is 15.1. The highest BCUT2D eigenvalue weighted by atomic mass is 35.5. The first kappa shape index (κ1) is 11.2. The molecular formula is C11H8ClNO2S2. The molecule has 0 unspecified atom stereocenters. The summed E-state index contributed by atoms with van der Waals surface area (Å²) in [6.45, 7) is 0. The number of halogens is 1. The van der Waals surface area contributed by atoms with Crippen LogP contribution in [0.5, 0.6) is 0 Å². The second kappa shape index (κ2) is 4.08. The molecule has 3 rings (SSSR count). The zero-order valence-electron chi connectivity index (χ0n) is 8.64. The zero-order valence-corrected chi connectivity index (χ0v) is 11.0. The molecule has 2 aromatic rings. The summed E-state index contributed by atoms with van der Waals surface area (Å²) >= 11 is 8.54. The van der Waals surface area contributed by atoms with E-state index >= 15 is 0 Å². The van der Waals surface area contributed by atoms with Crippen LogP contribution in [0.15, 0.2) is 12.1 Å². The average molecular weight is 286 g/mol. The molecule has 0 atom stereocenters. The van der Waals surface area contributed by atoms with Gasteiger partial charge in [-0.05, 0) is 25.0 Å². The average Bonchev–Trinajstić information content (AvgIpc) is 2.87. The van der Waals surface area contributed by atoms with Crippen LogP contribution in [-0.2, 0) is 0 Å². The van der Waals surface area contributed by atoms with Gasteiger partial charge in [-0.1, -0.05) is 11.6 Å². The van der Waals surface area contributed by atoms with Crippen LogP contribution in [0.4, 0.5) is 0 Å². The van der Waals surface area contributed by atoms with E-state index in [0.717, 1.165) is 28.4 Å². The molecule has 1 N–H and O–H groups in total. The molecule has 6 heteroatoms. The number of aromatic carboxylic acids is 1. The van der Waals surface area contributed by atoms with Crippen molar-refractivity contribution in [1.29, 1.82) is 0 Å². The minimum Gasteiger partial charge on any atom is -0.477 e. The van der Waals surface area contributed by atoms with Crippen molar-refractivity contribution in [2.45, 2.75) is 18.8 Å². The summed E-state index contributed by atoms with van der Waals surface area (Å²) < 4.78 is 0.694. The summed E-state index contributed by atoms with van der Waals surface area (Å²) in [5.41, 5.74) is 0.752. The van der Waals surface area contributed by atoms with Crippen molar-refractivity contribution in [3.63, 3.8) is 0 Å². The van der Waals surface area contributed by atoms with Gasteiger partial charge in [-0.15, -0.1) is 22.7 Å². The van der Waals surface area contributed by atoms with E-state index in [1.807, 2.05) is 6.07 Å². The lowest BCUT2D eigenvalue weighted by molar-refractivity contribution is 0.0700. The van der Waals surface area contributed by atoms with Gasteiger partial charge in [-0.2, -0.15) is 0 Å². The van der Waals surface area contributed by atoms with E-state index in [-0.39, 0.29) is 0 Å². The van der Waals surface area contributed by atoms with E-state index in [0.29, 0.717) is 15.1 Å². The molecule has 1 saturated carbocycles. The van der Waals surface area contributed by atoms with Gasteiger partial charge < -0.3 is 5.11 Å². The van der Waals surface area contributed by atoms with Crippen molar-refractivity contribution in [3.05, 3.63) is 27.0 Å². The monoisotopic (exact) mass is 285 g/mol. The molecule has 0 saturated heterocycles. The molecule has 1 aliphatic rings. The van der Waals surface area contributed by atoms with Crippen LogP contribution < -0.4 is 0 Å². The Bertz CT molecular complexity index is 586. The van der Waals surface area contributed by atoms with Crippen LogP contribution in [0.1, 0.15) is 34.1 Å². The number of hydrogen-bond acceptors (Lipinski definition) is 4. The molecule has 0 spiro atoms. The number of thiophene rings is 1. The third kappa shape index (κ3) is 2.10. The standard InChI is InChI=1S/C11H8ClNO2S2/c12-7-4-3-6(16-7)10-13-8(5-1-2-5)9(17-10)11(14)15/h3-5H,1-2H2,(H,14,15). The predicted octanol–water partition coefficient (Wildman–Crippen LogP) is 4.10. The third-order valence-electron chi connectivity index (χ3n) is 2.60. The molecular weight excluding hydrogens is 278 g/mol. The van der Waals surface area contributed by atoms with Crippen LogP contribution in [0.3, 0.4) is 0 Å². The molecule has 0 aliphatic heterocycles. The fourth-order valence-electron chi connectivity index (χ4n) is 1.65. The van der Waals surface area contributed by atoms with Gasteiger partial charge >= 0.3 is 5.97 Å². The number of aromatic nitrogens is 1. The fraction of sp³-hybridized carbons (Fsp3) is 0.273. The van der Waals surface area contributed by atoms with Gasteiger partial charge in [0.15, 0.2) is 0 Å². The maximum absolute atomic E-state index is 11.2. The summed E-state index contributed by atoms with van der Waals surface area (Å²) in [7, 11) is 0. The van der Waals surface area contributed by atoms with Gasteiger partial charge in [0.05, 0.1) is 14.9 Å². The first-order chi connectivity index (χ1) is 8.15. The second-order valence-corrected chi connectivity index (χ2v) is 6.63. The van der Waals surface area contributed by atoms with Crippen LogP contribution in [-0.4, -0.2) is 16.1 Å². The van der Waals surface area contributed by atoms with Crippen LogP contribution in [0, 0.1) is 0 Å². The van der Waals surface area contributed by atoms with Crippen molar-refractivity contribution >= 4 is 40.2 Å². The Hall–Kier alpha value is -0.910. The van der Waals surface area contributed by atoms with Gasteiger partial charge in [-0.25, -0.2) is 9.78 Å². The summed E-state index contributed by atoms with van der Waals surface area (Å²) in [5.74, 6) is -0.528. The highest BCUT2D eigenvalue weighted by molar-refractivity contribution is 7.24. The Balaban J connectivity index is 2.06. The largest absolute Gasteiger partial charge is 0.477 e. The minimum atomic E-state index is -0.877. The van der Waals surface area contributed by atoms with E-state index < -0.39 is 5.97 Å². The number of nitrogens with zero attached hydrogens (tertiary/aromatic N) is 1. The lowest BCUT2D eigenvalue weighted by Gasteiger charge is -1.91. The van der Waals surface area contributed by atoms with Crippen molar-refractivity contribution in [3.8, 4) is 9.88 Å². The van der Waals surface area contributed by atoms with Gasteiger partial charge in [0.25, 0.3) is 0 Å². The molecule has 17 heavy (non-hydrogen) atoms. The maximum Gasteiger partial charge on any atom is 0.347 e. The highest BCUT2D eigenvalue weighted by Gasteiger charge is 2.32. The first-order valence-corrected chi connectivity index (χ1v) is 7.16. The minimum absolute atomic E-state index is 0.349. The van der Waals surface area contributed by atoms with Crippen molar-refractivity contribution in [1.82, 2.24) is 4.98 Å². The molecule has 0 amide bonds. The van der Waals surface area contributed by atoms with Gasteiger partial charge in [0, 0.05) is 5.92 Å². The van der Waals surface area contributed by atoms with E-state index in [1.165, 1.54) is 22.7 Å². The number of rotatable bonds is 3. The Kier molecular flexibility index (Phi) is 2.69. The third-order valence-corrected chi connectivity index (χ3v) is 5.06. The Morgan fingerprint density at radius 2 is 2.18 bits per heavy atom. The van der Waals surface area contributed by atoms with E-state index in [2.05, 4.69) is 4.98 Å². The van der Waals surface area contributed by atoms with Crippen LogP contribution in [0.25, 0.3) is 9.88 Å². The Morgan fingerprint density at radius 1 is 1.41 bits per heavy atom. The number of thiazole rings is 1. The van der Waals surface area contributed by atoms with E-state index in [9.17, 15) is 4.79 Å². The molecule has 1 fully saturated rings. The molecule has 0 aromatic carbocycles. The summed E-state index contributed by atoms with van der Waals surface area (Å²) in [5, 5.41) is 9.92. The zero-order chi connectivity index (χ0) is 12.0. The topological polar surface area (TPSA) is 50.2 Å². The van der Waals surface area contributed by atoms with Crippen molar-refractivity contribution in [2.75, 3.05) is 0 Å². The lowest BCUT2D eigenvalue weighted by atomic mass is 10.2. The maximum atomic E-state index is 11.2. The number of carboxylic acids is 1. The molecule has 0 radical (unpaired) electrons. The molecule has 88 valence electrons. The van der Waals surface area contributed by atoms with Crippen LogP contribution in [0.2, 0.25) is 4.34 Å². The molecule has 2 aromatic heterocycles. The Labute approximate surface area is 111 Å². The summed E-state index contributed by atoms with van der Waals surface area (Å²) in [4.78, 5) is 16.9. The molecule has 2 heterocycles. The molecule has 1 aliphatic carbocycles. The van der Waals surface area contributed by atoms with E-state index in [4.69, 9.17) is 16.7 Å². The van der Waals surface area contributed by atoms with Crippen molar-refractivity contribution in [2.24, 2.45) is 0 Å². The summed E-state index contributed by atoms with van der Waals surface area (Å²) in [6, 6.07) is 3.69. The van der Waals surface area contributed by atoms with Gasteiger partial charge in [0.1, 0.15) is 9.88 Å².